The Hall–Kier alpha value is -0.620. The molecule has 1 nitrogen and oxygen atoms in total. The van der Waals surface area contributed by atoms with Crippen molar-refractivity contribution in [3.05, 3.63) is 0 Å². The van der Waals surface area contributed by atoms with E-state index in [1.807, 2.05) is 0 Å². The van der Waals surface area contributed by atoms with Crippen molar-refractivity contribution in [1.82, 2.24) is 0 Å². The summed E-state index contributed by atoms with van der Waals surface area (Å²) in [4.78, 5) is 0. The van der Waals surface area contributed by atoms with Gasteiger partial charge in [-0.05, 0) is 5.92 Å². The lowest BCUT2D eigenvalue weighted by Gasteiger charge is -2.17. The van der Waals surface area contributed by atoms with Crippen LogP contribution in [0, 0.1) is 24.2 Å². The lowest BCUT2D eigenvalue weighted by atomic mass is 9.96. The molecule has 0 aromatic rings. The Labute approximate surface area is 59.1 Å². The highest BCUT2D eigenvalue weighted by Crippen LogP contribution is 2.27. The Bertz CT molecular complexity index is 141. The minimum absolute atomic E-state index is 0.475. The molecule has 0 saturated heterocycles. The smallest absolute Gasteiger partial charge is 0.172 e. The second kappa shape index (κ2) is 2.98. The van der Waals surface area contributed by atoms with Gasteiger partial charge in [0.05, 0.1) is 0 Å². The van der Waals surface area contributed by atoms with Gasteiger partial charge in [0, 0.05) is 0 Å². The molecule has 10 heavy (non-hydrogen) atoms. The summed E-state index contributed by atoms with van der Waals surface area (Å²) in [6.07, 6.45) is 0.733. The Morgan fingerprint density at radius 3 is 1.90 bits per heavy atom. The molecule has 0 saturated carbocycles. The fourth-order valence-corrected chi connectivity index (χ4v) is 0.678. The van der Waals surface area contributed by atoms with Crippen LogP contribution in [0.25, 0.3) is 0 Å². The molecule has 57 valence electrons. The predicted octanol–water partition coefficient (Wildman–Crippen LogP) is 1.92. The first-order valence-corrected chi connectivity index (χ1v) is 2.94. The highest BCUT2D eigenvalue weighted by molar-refractivity contribution is 4.98. The van der Waals surface area contributed by atoms with Gasteiger partial charge in [-0.15, -0.1) is 6.42 Å². The van der Waals surface area contributed by atoms with Gasteiger partial charge in [0.15, 0.2) is 0 Å². The molecular formula is C7H9F2O. The van der Waals surface area contributed by atoms with E-state index in [0.29, 0.717) is 0 Å². The molecule has 0 N–H and O–H groups in total. The Balaban J connectivity index is 4.26. The number of halogens is 2. The molecule has 1 atom stereocenters. The highest BCUT2D eigenvalue weighted by atomic mass is 19.3. The lowest BCUT2D eigenvalue weighted by molar-refractivity contribution is -0.270. The first-order valence-electron chi connectivity index (χ1n) is 2.94. The van der Waals surface area contributed by atoms with Crippen molar-refractivity contribution < 1.29 is 13.9 Å². The summed E-state index contributed by atoms with van der Waals surface area (Å²) >= 11 is 0. The topological polar surface area (TPSA) is 19.9 Å². The number of alkyl halides is 2. The van der Waals surface area contributed by atoms with Crippen molar-refractivity contribution in [3.8, 4) is 12.3 Å². The maximum atomic E-state index is 11.9. The molecule has 0 spiro atoms. The largest absolute Gasteiger partial charge is 0.394 e. The number of hydrogen-bond acceptors (Lipinski definition) is 0. The summed E-state index contributed by atoms with van der Waals surface area (Å²) in [5.41, 5.74) is 0. The van der Waals surface area contributed by atoms with Crippen molar-refractivity contribution in [2.24, 2.45) is 11.8 Å². The Morgan fingerprint density at radius 1 is 1.50 bits per heavy atom. The summed E-state index contributed by atoms with van der Waals surface area (Å²) in [5, 5.41) is 10.0. The molecule has 0 fully saturated rings. The molecule has 1 unspecified atom stereocenters. The third-order valence-corrected chi connectivity index (χ3v) is 1.21. The van der Waals surface area contributed by atoms with E-state index in [1.165, 1.54) is 13.8 Å². The van der Waals surface area contributed by atoms with Crippen LogP contribution in [0.1, 0.15) is 13.8 Å². The van der Waals surface area contributed by atoms with Crippen LogP contribution in [0.2, 0.25) is 0 Å². The highest BCUT2D eigenvalue weighted by Gasteiger charge is 2.39. The second-order valence-corrected chi connectivity index (χ2v) is 2.45. The van der Waals surface area contributed by atoms with Gasteiger partial charge in [-0.2, -0.15) is 13.9 Å². The Morgan fingerprint density at radius 2 is 1.90 bits per heavy atom. The molecule has 0 aromatic heterocycles. The predicted molar refractivity (Wildman–Crippen MR) is 32.8 cm³/mol. The number of terminal acetylenes is 1. The SMILES string of the molecule is C#CC(C(C)C)C([O])(F)F. The van der Waals surface area contributed by atoms with Gasteiger partial charge in [-0.25, -0.2) is 0 Å². The minimum Gasteiger partial charge on any atom is -0.172 e. The zero-order chi connectivity index (χ0) is 8.36. The van der Waals surface area contributed by atoms with E-state index in [1.54, 1.807) is 5.92 Å². The minimum atomic E-state index is -4.00. The van der Waals surface area contributed by atoms with Crippen molar-refractivity contribution in [2.45, 2.75) is 20.0 Å². The van der Waals surface area contributed by atoms with Crippen LogP contribution in [0.15, 0.2) is 0 Å². The maximum absolute atomic E-state index is 11.9. The molecule has 0 aliphatic heterocycles. The first kappa shape index (κ1) is 9.38. The van der Waals surface area contributed by atoms with E-state index in [0.717, 1.165) is 0 Å². The number of hydrogen-bond donors (Lipinski definition) is 0. The molecule has 0 aliphatic rings. The molecule has 0 aliphatic carbocycles. The van der Waals surface area contributed by atoms with Crippen molar-refractivity contribution >= 4 is 0 Å². The normalized spacial score (nSPS) is 14.9. The van der Waals surface area contributed by atoms with Gasteiger partial charge in [-0.1, -0.05) is 19.8 Å². The van der Waals surface area contributed by atoms with Gasteiger partial charge < -0.3 is 0 Å². The summed E-state index contributed by atoms with van der Waals surface area (Å²) in [7, 11) is 0. The third-order valence-electron chi connectivity index (χ3n) is 1.21. The van der Waals surface area contributed by atoms with Crippen molar-refractivity contribution in [2.75, 3.05) is 0 Å². The second-order valence-electron chi connectivity index (χ2n) is 2.45. The molecule has 0 heterocycles. The molecule has 0 bridgehead atoms. The van der Waals surface area contributed by atoms with Crippen molar-refractivity contribution in [1.29, 1.82) is 0 Å². The van der Waals surface area contributed by atoms with Crippen LogP contribution < -0.4 is 0 Å². The zero-order valence-electron chi connectivity index (χ0n) is 5.90. The van der Waals surface area contributed by atoms with Gasteiger partial charge >= 0.3 is 6.11 Å². The molecule has 3 heteroatoms. The van der Waals surface area contributed by atoms with E-state index in [2.05, 4.69) is 0 Å². The van der Waals surface area contributed by atoms with Crippen molar-refractivity contribution in [3.63, 3.8) is 0 Å². The fourth-order valence-electron chi connectivity index (χ4n) is 0.678. The van der Waals surface area contributed by atoms with Gasteiger partial charge in [-0.3, -0.25) is 0 Å². The third kappa shape index (κ3) is 2.32. The van der Waals surface area contributed by atoms with Gasteiger partial charge in [0.25, 0.3) is 0 Å². The average Bonchev–Trinajstić information content (AvgIpc) is 1.60. The summed E-state index contributed by atoms with van der Waals surface area (Å²) in [6.45, 7) is 2.99. The van der Waals surface area contributed by atoms with Crippen LogP contribution in [0.5, 0.6) is 0 Å². The first-order chi connectivity index (χ1) is 4.39. The molecule has 1 radical (unpaired) electrons. The molecule has 0 rings (SSSR count). The van der Waals surface area contributed by atoms with Gasteiger partial charge in [0.1, 0.15) is 5.92 Å². The monoisotopic (exact) mass is 147 g/mol. The van der Waals surface area contributed by atoms with Crippen LogP contribution in [-0.2, 0) is 5.11 Å². The molecular weight excluding hydrogens is 138 g/mol. The van der Waals surface area contributed by atoms with E-state index in [-0.39, 0.29) is 0 Å². The molecule has 0 aromatic carbocycles. The van der Waals surface area contributed by atoms with Gasteiger partial charge in [0.2, 0.25) is 0 Å². The number of rotatable bonds is 2. The molecule has 0 amide bonds. The van der Waals surface area contributed by atoms with E-state index >= 15 is 0 Å². The summed E-state index contributed by atoms with van der Waals surface area (Å²) < 4.78 is 23.9. The summed E-state index contributed by atoms with van der Waals surface area (Å²) in [6, 6.07) is 0. The van der Waals surface area contributed by atoms with Crippen LogP contribution in [0.3, 0.4) is 0 Å². The Kier molecular flexibility index (Phi) is 2.79. The summed E-state index contributed by atoms with van der Waals surface area (Å²) in [5.74, 6) is -0.189. The maximum Gasteiger partial charge on any atom is 0.394 e. The zero-order valence-corrected chi connectivity index (χ0v) is 5.90. The van der Waals surface area contributed by atoms with Crippen LogP contribution in [0.4, 0.5) is 8.78 Å². The van der Waals surface area contributed by atoms with Crippen LogP contribution in [-0.4, -0.2) is 6.11 Å². The quantitative estimate of drug-likeness (QED) is 0.532. The standard InChI is InChI=1S/C7H9F2O/c1-4-6(5(2)3)7(8,9)10/h1,5-6H,2-3H3. The fraction of sp³-hybridized carbons (Fsp3) is 0.714. The average molecular weight is 147 g/mol. The van der Waals surface area contributed by atoms with E-state index in [9.17, 15) is 13.9 Å². The van der Waals surface area contributed by atoms with Crippen LogP contribution >= 0.6 is 0 Å². The van der Waals surface area contributed by atoms with E-state index in [4.69, 9.17) is 6.42 Å². The lowest BCUT2D eigenvalue weighted by Crippen LogP contribution is -2.28. The van der Waals surface area contributed by atoms with E-state index < -0.39 is 17.9 Å².